The zero-order chi connectivity index (χ0) is 20.1. The number of hydrogen-bond acceptors (Lipinski definition) is 5. The highest BCUT2D eigenvalue weighted by atomic mass is 16.5. The summed E-state index contributed by atoms with van der Waals surface area (Å²) in [6.45, 7) is 4.57. The van der Waals surface area contributed by atoms with E-state index in [4.69, 9.17) is 21.2 Å². The average molecular weight is 394 g/mol. The largest absolute Gasteiger partial charge is 0.382 e. The van der Waals surface area contributed by atoms with Gasteiger partial charge < -0.3 is 20.8 Å². The number of rotatable bonds is 6. The van der Waals surface area contributed by atoms with Crippen LogP contribution in [0.3, 0.4) is 0 Å². The average Bonchev–Trinajstić information content (AvgIpc) is 3.12. The zero-order valence-electron chi connectivity index (χ0n) is 17.3. The molecule has 1 aromatic carbocycles. The highest BCUT2D eigenvalue weighted by Gasteiger charge is 2.49. The Labute approximate surface area is 171 Å². The maximum Gasteiger partial charge on any atom is 0.152 e. The molecule has 154 valence electrons. The number of unbranched alkanes of at least 4 members (excludes halogenated alkanes) is 1. The molecule has 29 heavy (non-hydrogen) atoms. The van der Waals surface area contributed by atoms with E-state index in [1.165, 1.54) is 0 Å². The lowest BCUT2D eigenvalue weighted by Crippen LogP contribution is -2.55. The van der Waals surface area contributed by atoms with Gasteiger partial charge in [0.2, 0.25) is 0 Å². The monoisotopic (exact) mass is 393 g/mol. The topological polar surface area (TPSA) is 92.0 Å². The molecule has 4 N–H and O–H groups in total. The molecule has 3 aliphatic rings. The number of pyridine rings is 1. The predicted octanol–water partition coefficient (Wildman–Crippen LogP) is 3.80. The second-order valence-electron chi connectivity index (χ2n) is 9.10. The van der Waals surface area contributed by atoms with Crippen LogP contribution in [0.1, 0.15) is 51.3 Å². The molecular formula is C23H31N5O. The van der Waals surface area contributed by atoms with E-state index in [9.17, 15) is 0 Å². The van der Waals surface area contributed by atoms with E-state index in [2.05, 4.69) is 28.6 Å². The molecular weight excluding hydrogens is 362 g/mol. The number of aryl methyl sites for hydroxylation is 1. The molecule has 2 saturated heterocycles. The minimum Gasteiger partial charge on any atom is -0.382 e. The van der Waals surface area contributed by atoms with Crippen LogP contribution in [-0.4, -0.2) is 33.3 Å². The van der Waals surface area contributed by atoms with Crippen LogP contribution in [0.5, 0.6) is 0 Å². The molecule has 6 rings (SSSR count). The number of hydrogen-bond donors (Lipinski definition) is 2. The summed E-state index contributed by atoms with van der Waals surface area (Å²) in [5.41, 5.74) is 15.4. The number of imidazole rings is 1. The summed E-state index contributed by atoms with van der Waals surface area (Å²) in [4.78, 5) is 9.60. The van der Waals surface area contributed by atoms with Crippen molar-refractivity contribution in [2.45, 2.75) is 64.0 Å². The molecule has 1 aliphatic carbocycles. The maximum atomic E-state index is 6.35. The van der Waals surface area contributed by atoms with Crippen molar-refractivity contribution in [1.82, 2.24) is 14.5 Å². The van der Waals surface area contributed by atoms with Gasteiger partial charge in [-0.05, 0) is 38.2 Å². The van der Waals surface area contributed by atoms with E-state index < -0.39 is 0 Å². The van der Waals surface area contributed by atoms with E-state index in [1.807, 2.05) is 12.1 Å². The summed E-state index contributed by atoms with van der Waals surface area (Å²) in [5, 5.41) is 1.13. The van der Waals surface area contributed by atoms with Crippen LogP contribution in [0.2, 0.25) is 0 Å². The summed E-state index contributed by atoms with van der Waals surface area (Å²) in [7, 11) is 0. The van der Waals surface area contributed by atoms with Crippen molar-refractivity contribution in [3.63, 3.8) is 0 Å². The van der Waals surface area contributed by atoms with Gasteiger partial charge in [0.15, 0.2) is 5.82 Å². The van der Waals surface area contributed by atoms with Crippen molar-refractivity contribution in [1.29, 1.82) is 0 Å². The predicted molar refractivity (Wildman–Crippen MR) is 117 cm³/mol. The van der Waals surface area contributed by atoms with E-state index in [-0.39, 0.29) is 11.0 Å². The molecule has 0 unspecified atom stereocenters. The van der Waals surface area contributed by atoms with Gasteiger partial charge in [-0.3, -0.25) is 0 Å². The van der Waals surface area contributed by atoms with Gasteiger partial charge in [-0.15, -0.1) is 0 Å². The van der Waals surface area contributed by atoms with Crippen LogP contribution < -0.4 is 11.5 Å². The van der Waals surface area contributed by atoms with Crippen LogP contribution in [0.15, 0.2) is 24.3 Å². The SMILES string of the molecule is CCCCc1nc2c(N)nc3ccccc3c2n1CC12CCC(CN)(CC1)OC2. The number of fused-ring (bicyclic) bond motifs is 6. The Kier molecular flexibility index (Phi) is 4.51. The molecule has 0 spiro atoms. The second-order valence-corrected chi connectivity index (χ2v) is 9.10. The first-order chi connectivity index (χ1) is 14.1. The first-order valence-corrected chi connectivity index (χ1v) is 11.0. The molecule has 2 aliphatic heterocycles. The molecule has 0 radical (unpaired) electrons. The third-order valence-electron chi connectivity index (χ3n) is 7.22. The molecule has 6 heteroatoms. The molecule has 3 fully saturated rings. The smallest absolute Gasteiger partial charge is 0.152 e. The fraction of sp³-hybridized carbons (Fsp3) is 0.565. The van der Waals surface area contributed by atoms with Gasteiger partial charge in [0, 0.05) is 30.3 Å². The molecule has 6 nitrogen and oxygen atoms in total. The Morgan fingerprint density at radius 2 is 1.93 bits per heavy atom. The van der Waals surface area contributed by atoms with Crippen LogP contribution in [0, 0.1) is 5.41 Å². The third kappa shape index (κ3) is 3.01. The molecule has 1 saturated carbocycles. The maximum absolute atomic E-state index is 6.35. The Morgan fingerprint density at radius 1 is 1.14 bits per heavy atom. The summed E-state index contributed by atoms with van der Waals surface area (Å²) in [6, 6.07) is 8.26. The highest BCUT2D eigenvalue weighted by Crippen LogP contribution is 2.50. The fourth-order valence-corrected chi connectivity index (χ4v) is 5.23. The van der Waals surface area contributed by atoms with Crippen LogP contribution in [-0.2, 0) is 17.7 Å². The van der Waals surface area contributed by atoms with Gasteiger partial charge in [0.1, 0.15) is 11.3 Å². The number of aromatic nitrogens is 3. The highest BCUT2D eigenvalue weighted by molar-refractivity contribution is 6.06. The van der Waals surface area contributed by atoms with E-state index in [0.29, 0.717) is 12.4 Å². The van der Waals surface area contributed by atoms with Crippen molar-refractivity contribution >= 4 is 27.8 Å². The quantitative estimate of drug-likeness (QED) is 0.665. The molecule has 4 heterocycles. The van der Waals surface area contributed by atoms with E-state index in [1.54, 1.807) is 0 Å². The van der Waals surface area contributed by atoms with Crippen molar-refractivity contribution in [2.75, 3.05) is 18.9 Å². The lowest BCUT2D eigenvalue weighted by atomic mass is 9.66. The summed E-state index contributed by atoms with van der Waals surface area (Å²) in [5.74, 6) is 1.65. The number of anilines is 1. The number of nitrogen functional groups attached to an aromatic ring is 1. The Hall–Kier alpha value is -2.18. The number of para-hydroxylation sites is 1. The lowest BCUT2D eigenvalue weighted by Gasteiger charge is -2.53. The van der Waals surface area contributed by atoms with Gasteiger partial charge in [-0.25, -0.2) is 9.97 Å². The standard InChI is InChI=1S/C23H31N5O/c1-2-3-8-18-27-19-20(16-6-4-5-7-17(16)26-21(19)25)28(18)14-22-9-11-23(13-24,12-10-22)29-15-22/h4-7H,2-3,8-15,24H2,1H3,(H2,25,26). The van der Waals surface area contributed by atoms with Gasteiger partial charge in [0.25, 0.3) is 0 Å². The third-order valence-corrected chi connectivity index (χ3v) is 7.22. The van der Waals surface area contributed by atoms with Crippen molar-refractivity contribution in [3.8, 4) is 0 Å². The number of benzene rings is 1. The van der Waals surface area contributed by atoms with Gasteiger partial charge >= 0.3 is 0 Å². The number of ether oxygens (including phenoxy) is 1. The first-order valence-electron chi connectivity index (χ1n) is 11.0. The molecule has 2 aromatic heterocycles. The van der Waals surface area contributed by atoms with Crippen molar-refractivity contribution in [2.24, 2.45) is 11.1 Å². The minimum absolute atomic E-state index is 0.0785. The van der Waals surface area contributed by atoms with Gasteiger partial charge in [0.05, 0.1) is 23.2 Å². The fourth-order valence-electron chi connectivity index (χ4n) is 5.23. The molecule has 2 bridgehead atoms. The van der Waals surface area contributed by atoms with Crippen molar-refractivity contribution < 1.29 is 4.74 Å². The van der Waals surface area contributed by atoms with Crippen LogP contribution in [0.4, 0.5) is 5.82 Å². The van der Waals surface area contributed by atoms with Crippen LogP contribution >= 0.6 is 0 Å². The normalized spacial score (nSPS) is 26.6. The summed E-state index contributed by atoms with van der Waals surface area (Å²) >= 11 is 0. The first kappa shape index (κ1) is 18.8. The Morgan fingerprint density at radius 3 is 2.62 bits per heavy atom. The van der Waals surface area contributed by atoms with Crippen molar-refractivity contribution in [3.05, 3.63) is 30.1 Å². The van der Waals surface area contributed by atoms with E-state index >= 15 is 0 Å². The second kappa shape index (κ2) is 6.96. The van der Waals surface area contributed by atoms with Crippen LogP contribution in [0.25, 0.3) is 21.9 Å². The molecule has 3 aromatic rings. The van der Waals surface area contributed by atoms with Gasteiger partial charge in [-0.2, -0.15) is 0 Å². The van der Waals surface area contributed by atoms with E-state index in [0.717, 1.165) is 85.9 Å². The minimum atomic E-state index is -0.0785. The number of nitrogens with zero attached hydrogens (tertiary/aromatic N) is 3. The van der Waals surface area contributed by atoms with Gasteiger partial charge in [-0.1, -0.05) is 31.5 Å². The molecule has 0 amide bonds. The Bertz CT molecular complexity index is 1030. The molecule has 0 atom stereocenters. The summed E-state index contributed by atoms with van der Waals surface area (Å²) in [6.07, 6.45) is 7.67. The zero-order valence-corrected chi connectivity index (χ0v) is 17.3. The summed E-state index contributed by atoms with van der Waals surface area (Å²) < 4.78 is 8.75. The number of nitrogens with two attached hydrogens (primary N) is 2. The lowest BCUT2D eigenvalue weighted by molar-refractivity contribution is -0.182. The Balaban J connectivity index is 1.63.